The van der Waals surface area contributed by atoms with E-state index in [4.69, 9.17) is 4.74 Å². The zero-order valence-electron chi connectivity index (χ0n) is 11.7. The van der Waals surface area contributed by atoms with Crippen molar-refractivity contribution in [1.29, 1.82) is 0 Å². The molecule has 1 N–H and O–H groups in total. The van der Waals surface area contributed by atoms with Crippen LogP contribution < -0.4 is 4.74 Å². The van der Waals surface area contributed by atoms with Gasteiger partial charge in [-0.1, -0.05) is 0 Å². The van der Waals surface area contributed by atoms with Crippen LogP contribution in [0.25, 0.3) is 6.08 Å². The molecule has 1 aliphatic heterocycles. The minimum absolute atomic E-state index is 0.0568. The molecular weight excluding hydrogens is 312 g/mol. The van der Waals surface area contributed by atoms with Crippen LogP contribution in [-0.2, 0) is 4.79 Å². The van der Waals surface area contributed by atoms with E-state index < -0.39 is 27.5 Å². The molecule has 8 nitrogen and oxygen atoms in total. The number of ether oxygens (including phenoxy) is 1. The zero-order chi connectivity index (χ0) is 16.4. The molecule has 1 saturated heterocycles. The lowest BCUT2D eigenvalue weighted by atomic mass is 10.1. The van der Waals surface area contributed by atoms with Crippen molar-refractivity contribution >= 4 is 34.7 Å². The number of benzene rings is 1. The Labute approximate surface area is 129 Å². The molecule has 0 aliphatic carbocycles. The van der Waals surface area contributed by atoms with Crippen molar-refractivity contribution in [3.63, 3.8) is 0 Å². The van der Waals surface area contributed by atoms with Crippen molar-refractivity contribution in [1.82, 2.24) is 4.90 Å². The monoisotopic (exact) mass is 324 g/mol. The topological polar surface area (TPSA) is 110 Å². The number of nitrogens with zero attached hydrogens (tertiary/aromatic N) is 2. The first-order chi connectivity index (χ1) is 10.3. The molecule has 1 heterocycles. The number of carbonyl (C=O) groups excluding carboxylic acids is 2. The van der Waals surface area contributed by atoms with Gasteiger partial charge in [-0.2, -0.15) is 0 Å². The molecule has 2 rings (SSSR count). The molecule has 2 amide bonds. The molecule has 1 fully saturated rings. The molecule has 22 heavy (non-hydrogen) atoms. The van der Waals surface area contributed by atoms with E-state index in [1.165, 1.54) is 19.2 Å². The largest absolute Gasteiger partial charge is 0.500 e. The molecule has 1 aliphatic rings. The highest BCUT2D eigenvalue weighted by Crippen LogP contribution is 2.39. The minimum atomic E-state index is -0.749. The molecule has 0 atom stereocenters. The summed E-state index contributed by atoms with van der Waals surface area (Å²) >= 11 is 0.740. The number of phenolic OH excluding ortho intramolecular Hbond substituents is 1. The van der Waals surface area contributed by atoms with Gasteiger partial charge in [0.2, 0.25) is 5.75 Å². The van der Waals surface area contributed by atoms with Gasteiger partial charge in [-0.05, 0) is 36.4 Å². The summed E-state index contributed by atoms with van der Waals surface area (Å²) < 4.78 is 5.15. The van der Waals surface area contributed by atoms with Gasteiger partial charge in [-0.25, -0.2) is 0 Å². The number of nitro groups is 1. The van der Waals surface area contributed by atoms with Gasteiger partial charge in [0.25, 0.3) is 11.1 Å². The van der Waals surface area contributed by atoms with Crippen molar-refractivity contribution in [2.75, 3.05) is 13.7 Å². The molecule has 0 saturated carbocycles. The van der Waals surface area contributed by atoms with Crippen molar-refractivity contribution in [3.8, 4) is 11.5 Å². The molecule has 1 aromatic rings. The molecule has 0 bridgehead atoms. The Morgan fingerprint density at radius 2 is 2.14 bits per heavy atom. The molecule has 116 valence electrons. The van der Waals surface area contributed by atoms with Crippen LogP contribution in [0.1, 0.15) is 12.5 Å². The van der Waals surface area contributed by atoms with Crippen LogP contribution in [0.5, 0.6) is 11.5 Å². The number of rotatable bonds is 4. The van der Waals surface area contributed by atoms with Gasteiger partial charge >= 0.3 is 5.69 Å². The molecule has 0 radical (unpaired) electrons. The van der Waals surface area contributed by atoms with Crippen LogP contribution in [0.4, 0.5) is 10.5 Å². The summed E-state index contributed by atoms with van der Waals surface area (Å²) in [6, 6.07) is 2.48. The molecule has 9 heteroatoms. The highest BCUT2D eigenvalue weighted by molar-refractivity contribution is 8.18. The Bertz CT molecular complexity index is 700. The Balaban J connectivity index is 2.50. The second-order valence-electron chi connectivity index (χ2n) is 4.32. The van der Waals surface area contributed by atoms with Crippen LogP contribution in [0.15, 0.2) is 17.0 Å². The van der Waals surface area contributed by atoms with Crippen molar-refractivity contribution in [2.45, 2.75) is 6.92 Å². The third-order valence-electron chi connectivity index (χ3n) is 2.86. The summed E-state index contributed by atoms with van der Waals surface area (Å²) in [5.74, 6) is -1.12. The molecule has 0 spiro atoms. The molecule has 0 aromatic heterocycles. The van der Waals surface area contributed by atoms with E-state index >= 15 is 0 Å². The third kappa shape index (κ3) is 2.89. The fourth-order valence-corrected chi connectivity index (χ4v) is 2.63. The van der Waals surface area contributed by atoms with Crippen LogP contribution in [-0.4, -0.2) is 39.7 Å². The maximum atomic E-state index is 11.8. The lowest BCUT2D eigenvalue weighted by Crippen LogP contribution is -2.22. The third-order valence-corrected chi connectivity index (χ3v) is 3.82. The van der Waals surface area contributed by atoms with Gasteiger partial charge in [-0.3, -0.25) is 24.6 Å². The lowest BCUT2D eigenvalue weighted by molar-refractivity contribution is -0.386. The van der Waals surface area contributed by atoms with Gasteiger partial charge in [0.05, 0.1) is 16.4 Å². The van der Waals surface area contributed by atoms with E-state index in [1.807, 2.05) is 0 Å². The van der Waals surface area contributed by atoms with Crippen LogP contribution >= 0.6 is 11.8 Å². The number of thioether (sulfide) groups is 1. The van der Waals surface area contributed by atoms with E-state index in [-0.39, 0.29) is 22.8 Å². The molecule has 1 aromatic carbocycles. The normalized spacial score (nSPS) is 16.5. The lowest BCUT2D eigenvalue weighted by Gasteiger charge is -2.07. The van der Waals surface area contributed by atoms with Crippen LogP contribution in [0.3, 0.4) is 0 Å². The Morgan fingerprint density at radius 1 is 1.45 bits per heavy atom. The average molecular weight is 324 g/mol. The summed E-state index contributed by atoms with van der Waals surface area (Å²) in [4.78, 5) is 34.6. The number of imide groups is 1. The molecule has 0 unspecified atom stereocenters. The maximum Gasteiger partial charge on any atom is 0.315 e. The van der Waals surface area contributed by atoms with E-state index in [9.17, 15) is 24.8 Å². The Hall–Kier alpha value is -2.55. The first-order valence-corrected chi connectivity index (χ1v) is 7.02. The van der Waals surface area contributed by atoms with Gasteiger partial charge in [-0.15, -0.1) is 0 Å². The number of carbonyl (C=O) groups is 2. The van der Waals surface area contributed by atoms with Crippen molar-refractivity contribution < 1.29 is 24.4 Å². The summed E-state index contributed by atoms with van der Waals surface area (Å²) in [6.07, 6.45) is 1.35. The first kappa shape index (κ1) is 15.8. The fraction of sp³-hybridized carbons (Fsp3) is 0.231. The second-order valence-corrected chi connectivity index (χ2v) is 5.31. The molecular formula is C13H12N2O6S. The number of hydrogen-bond acceptors (Lipinski definition) is 7. The number of amides is 2. The summed E-state index contributed by atoms with van der Waals surface area (Å²) in [5.41, 5.74) is -0.250. The van der Waals surface area contributed by atoms with Gasteiger partial charge < -0.3 is 9.84 Å². The predicted molar refractivity (Wildman–Crippen MR) is 79.7 cm³/mol. The summed E-state index contributed by atoms with van der Waals surface area (Å²) in [7, 11) is 1.35. The quantitative estimate of drug-likeness (QED) is 0.514. The van der Waals surface area contributed by atoms with Gasteiger partial charge in [0, 0.05) is 13.1 Å². The summed E-state index contributed by atoms with van der Waals surface area (Å²) in [6.45, 7) is 1.88. The minimum Gasteiger partial charge on any atom is -0.500 e. The van der Waals surface area contributed by atoms with Crippen LogP contribution in [0.2, 0.25) is 0 Å². The van der Waals surface area contributed by atoms with E-state index in [2.05, 4.69) is 0 Å². The van der Waals surface area contributed by atoms with Crippen LogP contribution in [0, 0.1) is 10.1 Å². The number of phenols is 1. The highest BCUT2D eigenvalue weighted by Gasteiger charge is 2.32. The van der Waals surface area contributed by atoms with Crippen molar-refractivity contribution in [3.05, 3.63) is 32.7 Å². The van der Waals surface area contributed by atoms with Gasteiger partial charge in [0.1, 0.15) is 0 Å². The predicted octanol–water partition coefficient (Wildman–Crippen LogP) is 2.37. The Kier molecular flexibility index (Phi) is 4.36. The SMILES string of the molecule is CCOc1cc(/C=C2\SC(=O)N(C)C2=O)cc([N+](=O)[O-])c1O. The number of hydrogen-bond donors (Lipinski definition) is 1. The van der Waals surface area contributed by atoms with E-state index in [0.29, 0.717) is 0 Å². The second kappa shape index (κ2) is 6.06. The Morgan fingerprint density at radius 3 is 2.64 bits per heavy atom. The van der Waals surface area contributed by atoms with Crippen molar-refractivity contribution in [2.24, 2.45) is 0 Å². The maximum absolute atomic E-state index is 11.8. The smallest absolute Gasteiger partial charge is 0.315 e. The zero-order valence-corrected chi connectivity index (χ0v) is 12.5. The van der Waals surface area contributed by atoms with E-state index in [1.54, 1.807) is 6.92 Å². The van der Waals surface area contributed by atoms with Gasteiger partial charge in [0.15, 0.2) is 5.75 Å². The summed E-state index contributed by atoms with van der Waals surface area (Å²) in [5, 5.41) is 20.3. The standard InChI is InChI=1S/C13H12N2O6S/c1-3-21-9-5-7(4-8(11(9)16)15(19)20)6-10-12(17)14(2)13(18)22-10/h4-6,16H,3H2,1-2H3/b10-6-. The first-order valence-electron chi connectivity index (χ1n) is 6.21. The average Bonchev–Trinajstić information content (AvgIpc) is 2.69. The fourth-order valence-electron chi connectivity index (χ4n) is 1.80. The highest BCUT2D eigenvalue weighted by atomic mass is 32.2. The number of aromatic hydroxyl groups is 1. The number of likely N-dealkylation sites (N-methyl/N-ethyl adjacent to an activating group) is 1. The van der Waals surface area contributed by atoms with E-state index in [0.717, 1.165) is 22.7 Å². The number of nitro benzene ring substituents is 1.